The molecule has 1 amide bonds. The number of benzene rings is 2. The van der Waals surface area contributed by atoms with E-state index in [9.17, 15) is 14.3 Å². The van der Waals surface area contributed by atoms with Crippen LogP contribution in [0.4, 0.5) is 4.39 Å². The van der Waals surface area contributed by atoms with Crippen LogP contribution in [0.25, 0.3) is 0 Å². The Bertz CT molecular complexity index is 601. The smallest absolute Gasteiger partial charge is 0.253 e. The van der Waals surface area contributed by atoms with Crippen molar-refractivity contribution in [3.05, 3.63) is 65.5 Å². The first-order chi connectivity index (χ1) is 9.58. The molecule has 0 fully saturated rings. The Morgan fingerprint density at radius 3 is 2.55 bits per heavy atom. The fourth-order valence-electron chi connectivity index (χ4n) is 1.73. The summed E-state index contributed by atoms with van der Waals surface area (Å²) in [6, 6.07) is 12.4. The summed E-state index contributed by atoms with van der Waals surface area (Å²) in [6.45, 7) is 0.0694. The number of hydrogen-bond donors (Lipinski definition) is 3. The van der Waals surface area contributed by atoms with E-state index in [0.29, 0.717) is 11.1 Å². The molecule has 0 aliphatic rings. The Labute approximate surface area is 115 Å². The van der Waals surface area contributed by atoms with E-state index in [1.165, 1.54) is 12.1 Å². The van der Waals surface area contributed by atoms with E-state index in [2.05, 4.69) is 5.32 Å². The number of nitrogens with one attached hydrogen (secondary N) is 1. The molecule has 20 heavy (non-hydrogen) atoms. The van der Waals surface area contributed by atoms with Crippen molar-refractivity contribution >= 4 is 5.91 Å². The Morgan fingerprint density at radius 2 is 1.90 bits per heavy atom. The molecule has 0 saturated heterocycles. The van der Waals surface area contributed by atoms with Crippen molar-refractivity contribution in [1.29, 1.82) is 0 Å². The van der Waals surface area contributed by atoms with Gasteiger partial charge >= 0.3 is 0 Å². The molecule has 2 aromatic rings. The highest BCUT2D eigenvalue weighted by atomic mass is 19.1. The average molecular weight is 275 g/mol. The summed E-state index contributed by atoms with van der Waals surface area (Å²) < 4.78 is 13.1. The molecule has 4 nitrogen and oxygen atoms in total. The highest BCUT2D eigenvalue weighted by Crippen LogP contribution is 2.16. The van der Waals surface area contributed by atoms with Gasteiger partial charge < -0.3 is 15.5 Å². The third-order valence-electron chi connectivity index (χ3n) is 2.84. The van der Waals surface area contributed by atoms with Crippen LogP contribution < -0.4 is 5.32 Å². The Hall–Kier alpha value is -2.40. The number of amides is 1. The van der Waals surface area contributed by atoms with Crippen LogP contribution in [-0.4, -0.2) is 16.1 Å². The first-order valence-electron chi connectivity index (χ1n) is 6.06. The van der Waals surface area contributed by atoms with Crippen LogP contribution in [-0.2, 0) is 11.3 Å². The number of phenolic OH excluding ortho intramolecular Hbond substituents is 1. The highest BCUT2D eigenvalue weighted by Gasteiger charge is 2.16. The van der Waals surface area contributed by atoms with Crippen LogP contribution in [0.3, 0.4) is 0 Å². The van der Waals surface area contributed by atoms with E-state index in [1.807, 2.05) is 0 Å². The van der Waals surface area contributed by atoms with Gasteiger partial charge in [0.2, 0.25) is 0 Å². The standard InChI is InChI=1S/C15H14FNO3/c16-12-8-10(6-7-13(12)18)9-17-15(20)14(19)11-4-2-1-3-5-11/h1-8,14,18-19H,9H2,(H,17,20)/t14-/m1/s1. The second-order valence-corrected chi connectivity index (χ2v) is 4.32. The Morgan fingerprint density at radius 1 is 1.20 bits per heavy atom. The molecule has 0 aromatic heterocycles. The third-order valence-corrected chi connectivity index (χ3v) is 2.84. The predicted octanol–water partition coefficient (Wildman–Crippen LogP) is 1.88. The van der Waals surface area contributed by atoms with Gasteiger partial charge in [-0.25, -0.2) is 4.39 Å². The van der Waals surface area contributed by atoms with Gasteiger partial charge in [0.15, 0.2) is 17.7 Å². The van der Waals surface area contributed by atoms with Crippen LogP contribution >= 0.6 is 0 Å². The lowest BCUT2D eigenvalue weighted by Crippen LogP contribution is -2.28. The Kier molecular flexibility index (Phi) is 4.32. The Balaban J connectivity index is 1.96. The van der Waals surface area contributed by atoms with Gasteiger partial charge in [0.25, 0.3) is 5.91 Å². The molecule has 0 radical (unpaired) electrons. The quantitative estimate of drug-likeness (QED) is 0.798. The van der Waals surface area contributed by atoms with Gasteiger partial charge in [0, 0.05) is 6.54 Å². The molecule has 0 aliphatic heterocycles. The van der Waals surface area contributed by atoms with Gasteiger partial charge in [-0.05, 0) is 23.3 Å². The largest absolute Gasteiger partial charge is 0.505 e. The number of carbonyl (C=O) groups excluding carboxylic acids is 1. The first kappa shape index (κ1) is 14.0. The lowest BCUT2D eigenvalue weighted by atomic mass is 10.1. The normalized spacial score (nSPS) is 11.9. The highest BCUT2D eigenvalue weighted by molar-refractivity contribution is 5.81. The van der Waals surface area contributed by atoms with Crippen LogP contribution in [0.5, 0.6) is 5.75 Å². The lowest BCUT2D eigenvalue weighted by Gasteiger charge is -2.11. The van der Waals surface area contributed by atoms with Gasteiger partial charge in [-0.15, -0.1) is 0 Å². The average Bonchev–Trinajstić information content (AvgIpc) is 2.48. The number of aromatic hydroxyl groups is 1. The van der Waals surface area contributed by atoms with Gasteiger partial charge in [-0.3, -0.25) is 4.79 Å². The zero-order chi connectivity index (χ0) is 14.5. The van der Waals surface area contributed by atoms with Crippen molar-refractivity contribution in [2.24, 2.45) is 0 Å². The molecule has 0 aliphatic carbocycles. The summed E-state index contributed by atoms with van der Waals surface area (Å²) in [5.74, 6) is -1.76. The van der Waals surface area contributed by atoms with E-state index in [0.717, 1.165) is 6.07 Å². The van der Waals surface area contributed by atoms with Crippen LogP contribution in [0, 0.1) is 5.82 Å². The fourth-order valence-corrected chi connectivity index (χ4v) is 1.73. The number of aliphatic hydroxyl groups excluding tert-OH is 1. The summed E-state index contributed by atoms with van der Waals surface area (Å²) in [5, 5.41) is 21.4. The maximum absolute atomic E-state index is 13.1. The van der Waals surface area contributed by atoms with Crippen molar-refractivity contribution < 1.29 is 19.4 Å². The monoisotopic (exact) mass is 275 g/mol. The second kappa shape index (κ2) is 6.16. The van der Waals surface area contributed by atoms with Crippen LogP contribution in [0.1, 0.15) is 17.2 Å². The zero-order valence-electron chi connectivity index (χ0n) is 10.6. The van der Waals surface area contributed by atoms with E-state index < -0.39 is 23.6 Å². The van der Waals surface area contributed by atoms with Crippen LogP contribution in [0.2, 0.25) is 0 Å². The molecule has 1 atom stereocenters. The minimum Gasteiger partial charge on any atom is -0.505 e. The first-order valence-corrected chi connectivity index (χ1v) is 6.06. The molecule has 2 rings (SSSR count). The molecule has 5 heteroatoms. The fraction of sp³-hybridized carbons (Fsp3) is 0.133. The molecule has 0 bridgehead atoms. The summed E-state index contributed by atoms with van der Waals surface area (Å²) >= 11 is 0. The number of rotatable bonds is 4. The maximum Gasteiger partial charge on any atom is 0.253 e. The van der Waals surface area contributed by atoms with E-state index in [-0.39, 0.29) is 6.54 Å². The van der Waals surface area contributed by atoms with Crippen LogP contribution in [0.15, 0.2) is 48.5 Å². The van der Waals surface area contributed by atoms with Crippen molar-refractivity contribution in [2.75, 3.05) is 0 Å². The molecule has 0 spiro atoms. The van der Waals surface area contributed by atoms with Gasteiger partial charge in [0.1, 0.15) is 0 Å². The minimum absolute atomic E-state index is 0.0694. The van der Waals surface area contributed by atoms with Crippen molar-refractivity contribution in [3.63, 3.8) is 0 Å². The zero-order valence-corrected chi connectivity index (χ0v) is 10.6. The third kappa shape index (κ3) is 3.33. The van der Waals surface area contributed by atoms with Crippen molar-refractivity contribution in [2.45, 2.75) is 12.6 Å². The van der Waals surface area contributed by atoms with Crippen molar-refractivity contribution in [3.8, 4) is 5.75 Å². The molecule has 3 N–H and O–H groups in total. The SMILES string of the molecule is O=C(NCc1ccc(O)c(F)c1)[C@H](O)c1ccccc1. The maximum atomic E-state index is 13.1. The summed E-state index contributed by atoms with van der Waals surface area (Å²) in [6.07, 6.45) is -1.27. The van der Waals surface area contributed by atoms with Gasteiger partial charge in [0.05, 0.1) is 0 Å². The van der Waals surface area contributed by atoms with E-state index in [4.69, 9.17) is 5.11 Å². The molecule has 0 saturated carbocycles. The number of carbonyl (C=O) groups is 1. The van der Waals surface area contributed by atoms with Gasteiger partial charge in [-0.1, -0.05) is 36.4 Å². The second-order valence-electron chi connectivity index (χ2n) is 4.32. The molecular formula is C15H14FNO3. The number of halogens is 1. The van der Waals surface area contributed by atoms with Gasteiger partial charge in [-0.2, -0.15) is 0 Å². The summed E-state index contributed by atoms with van der Waals surface area (Å²) in [7, 11) is 0. The summed E-state index contributed by atoms with van der Waals surface area (Å²) in [4.78, 5) is 11.8. The summed E-state index contributed by atoms with van der Waals surface area (Å²) in [5.41, 5.74) is 0.982. The van der Waals surface area contributed by atoms with Crippen molar-refractivity contribution in [1.82, 2.24) is 5.32 Å². The topological polar surface area (TPSA) is 69.6 Å². The van der Waals surface area contributed by atoms with E-state index >= 15 is 0 Å². The number of aliphatic hydroxyl groups is 1. The minimum atomic E-state index is -1.27. The number of hydrogen-bond acceptors (Lipinski definition) is 3. The molecule has 2 aromatic carbocycles. The molecule has 0 unspecified atom stereocenters. The van der Waals surface area contributed by atoms with E-state index in [1.54, 1.807) is 30.3 Å². The number of phenols is 1. The molecule has 0 heterocycles. The molecular weight excluding hydrogens is 261 g/mol. The predicted molar refractivity (Wildman–Crippen MR) is 71.3 cm³/mol. The molecule has 104 valence electrons. The lowest BCUT2D eigenvalue weighted by molar-refractivity contribution is -0.129.